The number of halogens is 4. The number of rotatable bonds is 5. The van der Waals surface area contributed by atoms with Crippen molar-refractivity contribution in [3.8, 4) is 23.3 Å². The van der Waals surface area contributed by atoms with Crippen molar-refractivity contribution in [2.24, 2.45) is 0 Å². The molecule has 0 saturated carbocycles. The lowest BCUT2D eigenvalue weighted by Crippen LogP contribution is -2.23. The van der Waals surface area contributed by atoms with E-state index >= 15 is 0 Å². The lowest BCUT2D eigenvalue weighted by atomic mass is 10.2. The molecule has 0 saturated heterocycles. The molecule has 1 N–H and O–H groups in total. The Morgan fingerprint density at radius 2 is 1.92 bits per heavy atom. The molecule has 136 valence electrons. The molecule has 0 aliphatic carbocycles. The van der Waals surface area contributed by atoms with Crippen LogP contribution in [0.2, 0.25) is 5.02 Å². The van der Waals surface area contributed by atoms with Gasteiger partial charge in [0.2, 0.25) is 0 Å². The largest absolute Gasteiger partial charge is 0.479 e. The summed E-state index contributed by atoms with van der Waals surface area (Å²) in [6.07, 6.45) is -5.75. The van der Waals surface area contributed by atoms with Crippen molar-refractivity contribution >= 4 is 17.6 Å². The number of carboxylic acid groups (broad SMARTS) is 1. The number of alkyl halides is 3. The fraction of sp³-hybridized carbons (Fsp3) is 0.176. The van der Waals surface area contributed by atoms with Gasteiger partial charge in [-0.25, -0.2) is 4.79 Å². The summed E-state index contributed by atoms with van der Waals surface area (Å²) < 4.78 is 48.6. The molecule has 5 nitrogen and oxygen atoms in total. The van der Waals surface area contributed by atoms with Gasteiger partial charge in [-0.05, 0) is 37.3 Å². The average molecular weight is 386 g/mol. The predicted molar refractivity (Wildman–Crippen MR) is 85.4 cm³/mol. The summed E-state index contributed by atoms with van der Waals surface area (Å²) >= 11 is 5.82. The third kappa shape index (κ3) is 4.58. The van der Waals surface area contributed by atoms with Gasteiger partial charge in [0.15, 0.2) is 6.10 Å². The Bertz CT molecular complexity index is 877. The van der Waals surface area contributed by atoms with E-state index in [0.717, 1.165) is 18.2 Å². The molecule has 2 aromatic rings. The van der Waals surface area contributed by atoms with Gasteiger partial charge < -0.3 is 14.6 Å². The molecule has 2 aromatic carbocycles. The number of carbonyl (C=O) groups is 1. The van der Waals surface area contributed by atoms with Crippen LogP contribution in [-0.4, -0.2) is 17.2 Å². The third-order valence-corrected chi connectivity index (χ3v) is 3.51. The maximum atomic E-state index is 12.7. The average Bonchev–Trinajstić information content (AvgIpc) is 2.56. The highest BCUT2D eigenvalue weighted by Crippen LogP contribution is 2.37. The number of nitriles is 1. The smallest absolute Gasteiger partial charge is 0.416 e. The molecule has 0 bridgehead atoms. The molecular weight excluding hydrogens is 375 g/mol. The Hall–Kier alpha value is -2.92. The van der Waals surface area contributed by atoms with Gasteiger partial charge in [-0.2, -0.15) is 18.4 Å². The molecule has 0 amide bonds. The Kier molecular flexibility index (Phi) is 5.63. The molecule has 0 aliphatic heterocycles. The van der Waals surface area contributed by atoms with Crippen molar-refractivity contribution in [2.45, 2.75) is 19.2 Å². The van der Waals surface area contributed by atoms with Crippen molar-refractivity contribution in [2.75, 3.05) is 0 Å². The molecule has 0 fully saturated rings. The molecule has 0 spiro atoms. The second kappa shape index (κ2) is 7.54. The SMILES string of the molecule is CC(Oc1cc(Oc2ccc(C(F)(F)F)cc2Cl)ccc1C#N)C(=O)O. The van der Waals surface area contributed by atoms with Crippen LogP contribution in [0.1, 0.15) is 18.1 Å². The summed E-state index contributed by atoms with van der Waals surface area (Å²) in [4.78, 5) is 10.9. The summed E-state index contributed by atoms with van der Waals surface area (Å²) in [5.74, 6) is -1.20. The standard InChI is InChI=1S/C17H11ClF3NO4/c1-9(16(23)24)25-15-7-12(4-2-10(15)8-22)26-14-5-3-11(6-13(14)18)17(19,20)21/h2-7,9H,1H3,(H,23,24). The van der Waals surface area contributed by atoms with Crippen molar-refractivity contribution < 1.29 is 32.5 Å². The minimum Gasteiger partial charge on any atom is -0.479 e. The number of hydrogen-bond donors (Lipinski definition) is 1. The fourth-order valence-corrected chi connectivity index (χ4v) is 2.10. The van der Waals surface area contributed by atoms with Gasteiger partial charge >= 0.3 is 12.1 Å². The molecule has 0 aromatic heterocycles. The van der Waals surface area contributed by atoms with Crippen LogP contribution in [0, 0.1) is 11.3 Å². The van der Waals surface area contributed by atoms with Gasteiger partial charge in [0.25, 0.3) is 0 Å². The van der Waals surface area contributed by atoms with Gasteiger partial charge in [-0.3, -0.25) is 0 Å². The summed E-state index contributed by atoms with van der Waals surface area (Å²) in [5.41, 5.74) is -0.849. The van der Waals surface area contributed by atoms with Crippen LogP contribution in [0.5, 0.6) is 17.2 Å². The van der Waals surface area contributed by atoms with Gasteiger partial charge in [0.1, 0.15) is 23.3 Å². The third-order valence-electron chi connectivity index (χ3n) is 3.21. The maximum absolute atomic E-state index is 12.7. The van der Waals surface area contributed by atoms with Crippen molar-refractivity contribution in [3.63, 3.8) is 0 Å². The normalized spacial score (nSPS) is 12.2. The molecule has 1 atom stereocenters. The number of nitrogens with zero attached hydrogens (tertiary/aromatic N) is 1. The van der Waals surface area contributed by atoms with E-state index < -0.39 is 23.8 Å². The Balaban J connectivity index is 2.30. The summed E-state index contributed by atoms with van der Waals surface area (Å²) in [7, 11) is 0. The zero-order valence-electron chi connectivity index (χ0n) is 13.2. The van der Waals surface area contributed by atoms with Crippen molar-refractivity contribution in [3.05, 3.63) is 52.5 Å². The fourth-order valence-electron chi connectivity index (χ4n) is 1.88. The molecule has 0 aliphatic rings. The van der Waals surface area contributed by atoms with Gasteiger partial charge in [-0.15, -0.1) is 0 Å². The van der Waals surface area contributed by atoms with Crippen molar-refractivity contribution in [1.82, 2.24) is 0 Å². The van der Waals surface area contributed by atoms with Crippen LogP contribution in [-0.2, 0) is 11.0 Å². The van der Waals surface area contributed by atoms with Crippen LogP contribution in [0.3, 0.4) is 0 Å². The first-order valence-electron chi connectivity index (χ1n) is 7.10. The quantitative estimate of drug-likeness (QED) is 0.793. The monoisotopic (exact) mass is 385 g/mol. The second-order valence-corrected chi connectivity index (χ2v) is 5.52. The van der Waals surface area contributed by atoms with E-state index in [1.165, 1.54) is 25.1 Å². The van der Waals surface area contributed by atoms with Crippen LogP contribution in [0.25, 0.3) is 0 Å². The van der Waals surface area contributed by atoms with Gasteiger partial charge in [-0.1, -0.05) is 11.6 Å². The van der Waals surface area contributed by atoms with Gasteiger partial charge in [0.05, 0.1) is 16.1 Å². The summed E-state index contributed by atoms with van der Waals surface area (Å²) in [5, 5.41) is 17.7. The topological polar surface area (TPSA) is 79.5 Å². The van der Waals surface area contributed by atoms with E-state index in [0.29, 0.717) is 0 Å². The zero-order valence-corrected chi connectivity index (χ0v) is 13.9. The van der Waals surface area contributed by atoms with E-state index in [2.05, 4.69) is 0 Å². The lowest BCUT2D eigenvalue weighted by molar-refractivity contribution is -0.144. The summed E-state index contributed by atoms with van der Waals surface area (Å²) in [6, 6.07) is 8.41. The van der Waals surface area contributed by atoms with Crippen LogP contribution >= 0.6 is 11.6 Å². The Labute approximate surface area is 151 Å². The molecule has 0 radical (unpaired) electrons. The van der Waals surface area contributed by atoms with E-state index in [4.69, 9.17) is 31.4 Å². The van der Waals surface area contributed by atoms with E-state index in [9.17, 15) is 18.0 Å². The molecule has 26 heavy (non-hydrogen) atoms. The number of benzene rings is 2. The first-order chi connectivity index (χ1) is 12.1. The lowest BCUT2D eigenvalue weighted by Gasteiger charge is -2.14. The minimum absolute atomic E-state index is 0.0389. The highest BCUT2D eigenvalue weighted by atomic mass is 35.5. The number of hydrogen-bond acceptors (Lipinski definition) is 4. The molecule has 0 heterocycles. The predicted octanol–water partition coefficient (Wildman–Crippen LogP) is 4.87. The highest BCUT2D eigenvalue weighted by Gasteiger charge is 2.31. The van der Waals surface area contributed by atoms with E-state index in [1.54, 1.807) is 0 Å². The van der Waals surface area contributed by atoms with Crippen LogP contribution < -0.4 is 9.47 Å². The number of carboxylic acids is 1. The Morgan fingerprint density at radius 3 is 2.46 bits per heavy atom. The number of aliphatic carboxylic acids is 1. The Morgan fingerprint density at radius 1 is 1.23 bits per heavy atom. The van der Waals surface area contributed by atoms with E-state index in [1.807, 2.05) is 6.07 Å². The second-order valence-electron chi connectivity index (χ2n) is 5.11. The number of ether oxygens (including phenoxy) is 2. The molecule has 2 rings (SSSR count). The molecular formula is C17H11ClF3NO4. The first-order valence-corrected chi connectivity index (χ1v) is 7.48. The van der Waals surface area contributed by atoms with E-state index in [-0.39, 0.29) is 27.8 Å². The van der Waals surface area contributed by atoms with Crippen LogP contribution in [0.4, 0.5) is 13.2 Å². The highest BCUT2D eigenvalue weighted by molar-refractivity contribution is 6.32. The van der Waals surface area contributed by atoms with Crippen molar-refractivity contribution in [1.29, 1.82) is 5.26 Å². The van der Waals surface area contributed by atoms with Crippen LogP contribution in [0.15, 0.2) is 36.4 Å². The van der Waals surface area contributed by atoms with Gasteiger partial charge in [0, 0.05) is 6.07 Å². The summed E-state index contributed by atoms with van der Waals surface area (Å²) in [6.45, 7) is 1.28. The molecule has 1 unspecified atom stereocenters. The maximum Gasteiger partial charge on any atom is 0.416 e. The molecule has 9 heteroatoms. The first kappa shape index (κ1) is 19.4. The zero-order chi connectivity index (χ0) is 19.5. The minimum atomic E-state index is -4.54.